The second kappa shape index (κ2) is 8.29. The molecule has 98 valence electrons. The molecule has 0 aromatic carbocycles. The number of aromatic nitrogens is 1. The van der Waals surface area contributed by atoms with Crippen molar-refractivity contribution in [2.24, 2.45) is 10.7 Å². The van der Waals surface area contributed by atoms with Gasteiger partial charge in [0.05, 0.1) is 18.8 Å². The molecule has 0 aliphatic rings. The molecule has 0 saturated heterocycles. The molecule has 0 fully saturated rings. The van der Waals surface area contributed by atoms with Crippen LogP contribution < -0.4 is 11.1 Å². The molecule has 17 heavy (non-hydrogen) atoms. The molecule has 0 atom stereocenters. The second-order valence-corrected chi connectivity index (χ2v) is 3.42. The van der Waals surface area contributed by atoms with Crippen LogP contribution in [-0.2, 0) is 11.3 Å². The summed E-state index contributed by atoms with van der Waals surface area (Å²) in [7, 11) is 1.64. The SMILES string of the molecule is COCCNC(N)=NCc1c(C)noc1C.I. The van der Waals surface area contributed by atoms with Gasteiger partial charge in [0.25, 0.3) is 0 Å². The van der Waals surface area contributed by atoms with E-state index in [4.69, 9.17) is 15.0 Å². The van der Waals surface area contributed by atoms with Crippen LogP contribution in [0, 0.1) is 13.8 Å². The predicted molar refractivity (Wildman–Crippen MR) is 76.6 cm³/mol. The number of nitrogens with two attached hydrogens (primary N) is 1. The van der Waals surface area contributed by atoms with Crippen LogP contribution in [0.5, 0.6) is 0 Å². The van der Waals surface area contributed by atoms with Crippen LogP contribution >= 0.6 is 24.0 Å². The van der Waals surface area contributed by atoms with E-state index >= 15 is 0 Å². The third-order valence-electron chi connectivity index (χ3n) is 2.20. The highest BCUT2D eigenvalue weighted by molar-refractivity contribution is 14.0. The number of hydrogen-bond acceptors (Lipinski definition) is 4. The van der Waals surface area contributed by atoms with Crippen molar-refractivity contribution in [3.05, 3.63) is 17.0 Å². The Morgan fingerprint density at radius 3 is 2.76 bits per heavy atom. The largest absolute Gasteiger partial charge is 0.383 e. The second-order valence-electron chi connectivity index (χ2n) is 3.42. The monoisotopic (exact) mass is 354 g/mol. The maximum atomic E-state index is 5.66. The average molecular weight is 354 g/mol. The lowest BCUT2D eigenvalue weighted by molar-refractivity contribution is 0.204. The fourth-order valence-electron chi connectivity index (χ4n) is 1.23. The maximum Gasteiger partial charge on any atom is 0.189 e. The molecular weight excluding hydrogens is 335 g/mol. The van der Waals surface area contributed by atoms with Gasteiger partial charge in [-0.1, -0.05) is 5.16 Å². The number of aliphatic imine (C=N–C) groups is 1. The fraction of sp³-hybridized carbons (Fsp3) is 0.600. The summed E-state index contributed by atoms with van der Waals surface area (Å²) in [4.78, 5) is 4.19. The van der Waals surface area contributed by atoms with Crippen molar-refractivity contribution in [3.63, 3.8) is 0 Å². The quantitative estimate of drug-likeness (QED) is 0.356. The zero-order valence-electron chi connectivity index (χ0n) is 10.3. The standard InChI is InChI=1S/C10H18N4O2.HI/c1-7-9(8(2)16-14-7)6-13-10(11)12-4-5-15-3;/h4-6H2,1-3H3,(H3,11,12,13);1H. The molecule has 6 nitrogen and oxygen atoms in total. The van der Waals surface area contributed by atoms with Crippen molar-refractivity contribution in [1.29, 1.82) is 0 Å². The predicted octanol–water partition coefficient (Wildman–Crippen LogP) is 0.960. The van der Waals surface area contributed by atoms with Crippen molar-refractivity contribution in [1.82, 2.24) is 10.5 Å². The van der Waals surface area contributed by atoms with Gasteiger partial charge in [0, 0.05) is 19.2 Å². The number of ether oxygens (including phenoxy) is 1. The van der Waals surface area contributed by atoms with Gasteiger partial charge in [-0.3, -0.25) is 0 Å². The number of guanidine groups is 1. The van der Waals surface area contributed by atoms with E-state index < -0.39 is 0 Å². The molecule has 0 saturated carbocycles. The van der Waals surface area contributed by atoms with Crippen LogP contribution in [-0.4, -0.2) is 31.4 Å². The molecule has 0 aliphatic carbocycles. The molecule has 0 unspecified atom stereocenters. The van der Waals surface area contributed by atoms with Crippen molar-refractivity contribution >= 4 is 29.9 Å². The maximum absolute atomic E-state index is 5.66. The molecule has 0 aliphatic heterocycles. The van der Waals surface area contributed by atoms with E-state index in [0.717, 1.165) is 17.0 Å². The molecule has 0 amide bonds. The van der Waals surface area contributed by atoms with Gasteiger partial charge in [-0.25, -0.2) is 4.99 Å². The molecule has 0 spiro atoms. The molecule has 1 aromatic rings. The Labute approximate surface area is 118 Å². The Kier molecular flexibility index (Phi) is 7.88. The van der Waals surface area contributed by atoms with Gasteiger partial charge in [0.2, 0.25) is 0 Å². The molecule has 1 heterocycles. The highest BCUT2D eigenvalue weighted by atomic mass is 127. The summed E-state index contributed by atoms with van der Waals surface area (Å²) in [5.74, 6) is 1.18. The van der Waals surface area contributed by atoms with Gasteiger partial charge in [-0.15, -0.1) is 24.0 Å². The minimum atomic E-state index is 0. The first-order valence-electron chi connectivity index (χ1n) is 5.09. The molecule has 7 heteroatoms. The molecular formula is C10H19IN4O2. The normalized spacial score (nSPS) is 11.1. The van der Waals surface area contributed by atoms with E-state index in [-0.39, 0.29) is 24.0 Å². The lowest BCUT2D eigenvalue weighted by Gasteiger charge is -2.04. The Morgan fingerprint density at radius 1 is 1.53 bits per heavy atom. The Hall–Kier alpha value is -0.830. The number of rotatable bonds is 5. The highest BCUT2D eigenvalue weighted by Gasteiger charge is 2.07. The average Bonchev–Trinajstić information content (AvgIpc) is 2.57. The molecule has 1 rings (SSSR count). The number of aryl methyl sites for hydroxylation is 2. The summed E-state index contributed by atoms with van der Waals surface area (Å²) in [5, 5.41) is 6.78. The van der Waals surface area contributed by atoms with Gasteiger partial charge in [-0.05, 0) is 13.8 Å². The summed E-state index contributed by atoms with van der Waals surface area (Å²) in [6.07, 6.45) is 0. The first kappa shape index (κ1) is 16.2. The van der Waals surface area contributed by atoms with Crippen LogP contribution in [0.15, 0.2) is 9.52 Å². The first-order valence-corrected chi connectivity index (χ1v) is 5.09. The zero-order chi connectivity index (χ0) is 12.0. The van der Waals surface area contributed by atoms with E-state index in [1.54, 1.807) is 7.11 Å². The van der Waals surface area contributed by atoms with E-state index in [9.17, 15) is 0 Å². The van der Waals surface area contributed by atoms with Crippen molar-refractivity contribution < 1.29 is 9.26 Å². The topological polar surface area (TPSA) is 85.7 Å². The van der Waals surface area contributed by atoms with Crippen LogP contribution in [0.4, 0.5) is 0 Å². The zero-order valence-corrected chi connectivity index (χ0v) is 12.6. The van der Waals surface area contributed by atoms with E-state index in [0.29, 0.717) is 25.7 Å². The number of hydrogen-bond donors (Lipinski definition) is 2. The summed E-state index contributed by atoms with van der Waals surface area (Å²) < 4.78 is 9.91. The number of nitrogens with zero attached hydrogens (tertiary/aromatic N) is 2. The van der Waals surface area contributed by atoms with Gasteiger partial charge in [0.1, 0.15) is 5.76 Å². The van der Waals surface area contributed by atoms with Gasteiger partial charge < -0.3 is 20.3 Å². The van der Waals surface area contributed by atoms with Crippen molar-refractivity contribution in [2.45, 2.75) is 20.4 Å². The summed E-state index contributed by atoms with van der Waals surface area (Å²) >= 11 is 0. The van der Waals surface area contributed by atoms with Crippen LogP contribution in [0.3, 0.4) is 0 Å². The van der Waals surface area contributed by atoms with Crippen LogP contribution in [0.25, 0.3) is 0 Å². The highest BCUT2D eigenvalue weighted by Crippen LogP contribution is 2.12. The van der Waals surface area contributed by atoms with Gasteiger partial charge in [0.15, 0.2) is 5.96 Å². The third kappa shape index (κ3) is 5.35. The van der Waals surface area contributed by atoms with Crippen molar-refractivity contribution in [3.8, 4) is 0 Å². The molecule has 0 radical (unpaired) electrons. The van der Waals surface area contributed by atoms with Crippen LogP contribution in [0.1, 0.15) is 17.0 Å². The van der Waals surface area contributed by atoms with Crippen molar-refractivity contribution in [2.75, 3.05) is 20.3 Å². The minimum Gasteiger partial charge on any atom is -0.383 e. The number of methoxy groups -OCH3 is 1. The third-order valence-corrected chi connectivity index (χ3v) is 2.20. The summed E-state index contributed by atoms with van der Waals surface area (Å²) in [6, 6.07) is 0. The first-order chi connectivity index (χ1) is 7.65. The summed E-state index contributed by atoms with van der Waals surface area (Å²) in [6.45, 7) is 5.47. The lowest BCUT2D eigenvalue weighted by Crippen LogP contribution is -2.34. The minimum absolute atomic E-state index is 0. The number of nitrogens with one attached hydrogen (secondary N) is 1. The van der Waals surface area contributed by atoms with Gasteiger partial charge >= 0.3 is 0 Å². The smallest absolute Gasteiger partial charge is 0.189 e. The Bertz CT molecular complexity index is 346. The summed E-state index contributed by atoms with van der Waals surface area (Å²) in [5.41, 5.74) is 7.50. The van der Waals surface area contributed by atoms with E-state index in [1.165, 1.54) is 0 Å². The van der Waals surface area contributed by atoms with Crippen LogP contribution in [0.2, 0.25) is 0 Å². The molecule has 1 aromatic heterocycles. The molecule has 3 N–H and O–H groups in total. The van der Waals surface area contributed by atoms with E-state index in [1.807, 2.05) is 13.8 Å². The molecule has 0 bridgehead atoms. The number of halogens is 1. The Morgan fingerprint density at radius 2 is 2.24 bits per heavy atom. The lowest BCUT2D eigenvalue weighted by atomic mass is 10.2. The fourth-order valence-corrected chi connectivity index (χ4v) is 1.23. The Balaban J connectivity index is 0.00000256. The van der Waals surface area contributed by atoms with Gasteiger partial charge in [-0.2, -0.15) is 0 Å². The van der Waals surface area contributed by atoms with E-state index in [2.05, 4.69) is 15.5 Å².